The lowest BCUT2D eigenvalue weighted by Gasteiger charge is -1.93. The maximum Gasteiger partial charge on any atom is 0.312 e. The summed E-state index contributed by atoms with van der Waals surface area (Å²) in [5.41, 5.74) is 0. The number of aliphatic carboxylic acids is 1. The first kappa shape index (κ1) is 10.2. The van der Waals surface area contributed by atoms with E-state index in [1.807, 2.05) is 0 Å². The molecule has 0 atom stereocenters. The van der Waals surface area contributed by atoms with Crippen molar-refractivity contribution in [1.82, 2.24) is 15.5 Å². The van der Waals surface area contributed by atoms with Crippen molar-refractivity contribution in [2.24, 2.45) is 0 Å². The van der Waals surface area contributed by atoms with E-state index in [0.717, 1.165) is 0 Å². The molecule has 0 aromatic carbocycles. The topological polar surface area (TPSA) is 105 Å². The van der Waals surface area contributed by atoms with Crippen LogP contribution in [0.25, 0.3) is 0 Å². The lowest BCUT2D eigenvalue weighted by atomic mass is 10.4. The fourth-order valence-corrected chi connectivity index (χ4v) is 0.767. The molecule has 7 nitrogen and oxygen atoms in total. The maximum absolute atomic E-state index is 10.5. The van der Waals surface area contributed by atoms with Crippen molar-refractivity contribution in [2.45, 2.75) is 19.9 Å². The van der Waals surface area contributed by atoms with Crippen LogP contribution in [0.4, 0.5) is 0 Å². The Morgan fingerprint density at radius 1 is 1.57 bits per heavy atom. The minimum Gasteiger partial charge on any atom is -0.481 e. The van der Waals surface area contributed by atoms with Gasteiger partial charge in [-0.15, -0.1) is 0 Å². The zero-order chi connectivity index (χ0) is 10.6. The smallest absolute Gasteiger partial charge is 0.312 e. The third-order valence-electron chi connectivity index (χ3n) is 1.31. The van der Waals surface area contributed by atoms with Gasteiger partial charge in [0.05, 0.1) is 6.54 Å². The molecular formula is C7H9N3O4. The number of rotatable bonds is 4. The minimum absolute atomic E-state index is 0.0258. The Bertz CT molecular complexity index is 346. The second-order valence-electron chi connectivity index (χ2n) is 2.58. The Hall–Kier alpha value is -1.92. The standard InChI is InChI=1S/C7H9N3O4/c1-4(11)8-3-5-9-6(14-10-5)2-7(12)13/h2-3H2,1H3,(H,8,11)(H,12,13). The number of nitrogens with one attached hydrogen (secondary N) is 1. The number of hydrogen-bond acceptors (Lipinski definition) is 5. The first-order valence-electron chi connectivity index (χ1n) is 3.85. The molecule has 76 valence electrons. The molecule has 0 aliphatic carbocycles. The maximum atomic E-state index is 10.5. The van der Waals surface area contributed by atoms with Gasteiger partial charge in [-0.3, -0.25) is 9.59 Å². The van der Waals surface area contributed by atoms with Gasteiger partial charge in [0.1, 0.15) is 6.42 Å². The number of aromatic nitrogens is 2. The summed E-state index contributed by atoms with van der Waals surface area (Å²) in [4.78, 5) is 24.5. The summed E-state index contributed by atoms with van der Waals surface area (Å²) in [6, 6.07) is 0. The quantitative estimate of drug-likeness (QED) is 0.666. The van der Waals surface area contributed by atoms with Gasteiger partial charge < -0.3 is 14.9 Å². The lowest BCUT2D eigenvalue weighted by molar-refractivity contribution is -0.136. The Balaban J connectivity index is 2.50. The largest absolute Gasteiger partial charge is 0.481 e. The van der Waals surface area contributed by atoms with E-state index in [0.29, 0.717) is 0 Å². The number of nitrogens with zero attached hydrogens (tertiary/aromatic N) is 2. The van der Waals surface area contributed by atoms with Crippen LogP contribution in [-0.2, 0) is 22.6 Å². The molecule has 1 amide bonds. The third kappa shape index (κ3) is 3.21. The van der Waals surface area contributed by atoms with Crippen molar-refractivity contribution in [3.63, 3.8) is 0 Å². The summed E-state index contributed by atoms with van der Waals surface area (Å²) in [6.45, 7) is 1.50. The van der Waals surface area contributed by atoms with E-state index in [-0.39, 0.29) is 30.6 Å². The van der Waals surface area contributed by atoms with Crippen LogP contribution in [0.3, 0.4) is 0 Å². The molecule has 0 saturated heterocycles. The van der Waals surface area contributed by atoms with E-state index in [1.165, 1.54) is 6.92 Å². The van der Waals surface area contributed by atoms with Crippen LogP contribution in [0.15, 0.2) is 4.52 Å². The number of hydrogen-bond donors (Lipinski definition) is 2. The zero-order valence-corrected chi connectivity index (χ0v) is 7.48. The van der Waals surface area contributed by atoms with E-state index < -0.39 is 5.97 Å². The SMILES string of the molecule is CC(=O)NCc1noc(CC(=O)O)n1. The molecule has 1 aromatic heterocycles. The van der Waals surface area contributed by atoms with Gasteiger partial charge in [-0.1, -0.05) is 5.16 Å². The number of carboxylic acid groups (broad SMARTS) is 1. The summed E-state index contributed by atoms with van der Waals surface area (Å²) in [7, 11) is 0. The highest BCUT2D eigenvalue weighted by atomic mass is 16.5. The lowest BCUT2D eigenvalue weighted by Crippen LogP contribution is -2.19. The van der Waals surface area contributed by atoms with Gasteiger partial charge >= 0.3 is 5.97 Å². The second-order valence-corrected chi connectivity index (χ2v) is 2.58. The Labute approximate surface area is 79.1 Å². The van der Waals surface area contributed by atoms with E-state index >= 15 is 0 Å². The van der Waals surface area contributed by atoms with E-state index in [4.69, 9.17) is 5.11 Å². The molecule has 0 spiro atoms. The van der Waals surface area contributed by atoms with E-state index in [1.54, 1.807) is 0 Å². The summed E-state index contributed by atoms with van der Waals surface area (Å²) in [6.07, 6.45) is -0.312. The van der Waals surface area contributed by atoms with E-state index in [2.05, 4.69) is 20.0 Å². The van der Waals surface area contributed by atoms with Crippen LogP contribution in [-0.4, -0.2) is 27.1 Å². The highest BCUT2D eigenvalue weighted by Gasteiger charge is 2.09. The highest BCUT2D eigenvalue weighted by molar-refractivity contribution is 5.72. The Kier molecular flexibility index (Phi) is 3.16. The molecule has 0 radical (unpaired) electrons. The molecule has 2 N–H and O–H groups in total. The highest BCUT2D eigenvalue weighted by Crippen LogP contribution is 1.97. The minimum atomic E-state index is -1.04. The predicted octanol–water partition coefficient (Wildman–Crippen LogP) is -0.667. The summed E-state index contributed by atoms with van der Waals surface area (Å²) < 4.78 is 4.61. The van der Waals surface area contributed by atoms with Crippen molar-refractivity contribution in [2.75, 3.05) is 0 Å². The molecule has 7 heteroatoms. The number of amides is 1. The van der Waals surface area contributed by atoms with Crippen LogP contribution < -0.4 is 5.32 Å². The van der Waals surface area contributed by atoms with Crippen molar-refractivity contribution < 1.29 is 19.2 Å². The van der Waals surface area contributed by atoms with Gasteiger partial charge in [0.15, 0.2) is 5.82 Å². The van der Waals surface area contributed by atoms with Crippen molar-refractivity contribution >= 4 is 11.9 Å². The first-order valence-corrected chi connectivity index (χ1v) is 3.85. The van der Waals surface area contributed by atoms with Gasteiger partial charge in [0.25, 0.3) is 0 Å². The molecule has 14 heavy (non-hydrogen) atoms. The molecule has 0 unspecified atom stereocenters. The Morgan fingerprint density at radius 2 is 2.29 bits per heavy atom. The molecule has 0 fully saturated rings. The van der Waals surface area contributed by atoms with Crippen LogP contribution in [0.1, 0.15) is 18.6 Å². The molecular weight excluding hydrogens is 190 g/mol. The van der Waals surface area contributed by atoms with Crippen LogP contribution in [0, 0.1) is 0 Å². The van der Waals surface area contributed by atoms with E-state index in [9.17, 15) is 9.59 Å². The fraction of sp³-hybridized carbons (Fsp3) is 0.429. The molecule has 0 aliphatic rings. The van der Waals surface area contributed by atoms with Crippen molar-refractivity contribution in [3.8, 4) is 0 Å². The van der Waals surface area contributed by atoms with Gasteiger partial charge in [0.2, 0.25) is 11.8 Å². The zero-order valence-electron chi connectivity index (χ0n) is 7.48. The van der Waals surface area contributed by atoms with Crippen LogP contribution in [0.2, 0.25) is 0 Å². The molecule has 0 aliphatic heterocycles. The second kappa shape index (κ2) is 4.35. The number of carbonyl (C=O) groups excluding carboxylic acids is 1. The van der Waals surface area contributed by atoms with Crippen molar-refractivity contribution in [3.05, 3.63) is 11.7 Å². The average molecular weight is 199 g/mol. The molecule has 0 saturated carbocycles. The number of carboxylic acids is 1. The molecule has 1 heterocycles. The molecule has 1 rings (SSSR count). The average Bonchev–Trinajstić information content (AvgIpc) is 2.47. The fourth-order valence-electron chi connectivity index (χ4n) is 0.767. The summed E-state index contributed by atoms with van der Waals surface area (Å²) in [5, 5.41) is 14.3. The van der Waals surface area contributed by atoms with Crippen molar-refractivity contribution in [1.29, 1.82) is 0 Å². The first-order chi connectivity index (χ1) is 6.58. The normalized spacial score (nSPS) is 9.79. The molecule has 0 bridgehead atoms. The predicted molar refractivity (Wildman–Crippen MR) is 43.2 cm³/mol. The molecule has 1 aromatic rings. The monoisotopic (exact) mass is 199 g/mol. The third-order valence-corrected chi connectivity index (χ3v) is 1.31. The van der Waals surface area contributed by atoms with Crippen LogP contribution in [0.5, 0.6) is 0 Å². The number of carbonyl (C=O) groups is 2. The van der Waals surface area contributed by atoms with Gasteiger partial charge in [-0.25, -0.2) is 0 Å². The summed E-state index contributed by atoms with van der Waals surface area (Å²) in [5.74, 6) is -0.969. The van der Waals surface area contributed by atoms with Gasteiger partial charge in [0, 0.05) is 6.92 Å². The van der Waals surface area contributed by atoms with Gasteiger partial charge in [-0.2, -0.15) is 4.98 Å². The van der Waals surface area contributed by atoms with Gasteiger partial charge in [-0.05, 0) is 0 Å². The van der Waals surface area contributed by atoms with Crippen LogP contribution >= 0.6 is 0 Å². The summed E-state index contributed by atoms with van der Waals surface area (Å²) >= 11 is 0. The Morgan fingerprint density at radius 3 is 2.86 bits per heavy atom.